The maximum Gasteiger partial charge on any atom is 0.124 e. The van der Waals surface area contributed by atoms with Crippen LogP contribution in [0.2, 0.25) is 5.02 Å². The van der Waals surface area contributed by atoms with Crippen molar-refractivity contribution in [2.24, 2.45) is 5.92 Å². The molecule has 2 unspecified atom stereocenters. The van der Waals surface area contributed by atoms with Gasteiger partial charge < -0.3 is 5.32 Å². The smallest absolute Gasteiger partial charge is 0.124 e. The van der Waals surface area contributed by atoms with E-state index in [1.165, 1.54) is 18.4 Å². The first-order chi connectivity index (χ1) is 7.75. The number of allylic oxidation sites excluding steroid dienone is 1. The summed E-state index contributed by atoms with van der Waals surface area (Å²) >= 11 is 9.39. The quantitative estimate of drug-likeness (QED) is 0.805. The van der Waals surface area contributed by atoms with Gasteiger partial charge in [-0.05, 0) is 58.4 Å². The number of hydrogen-bond acceptors (Lipinski definition) is 2. The number of rotatable bonds is 1. The van der Waals surface area contributed by atoms with Gasteiger partial charge in [-0.2, -0.15) is 0 Å². The fourth-order valence-corrected chi connectivity index (χ4v) is 3.04. The Hall–Kier alpha value is -0.380. The van der Waals surface area contributed by atoms with Crippen molar-refractivity contribution < 1.29 is 0 Å². The highest BCUT2D eigenvalue weighted by Crippen LogP contribution is 2.38. The molecule has 2 atom stereocenters. The van der Waals surface area contributed by atoms with Gasteiger partial charge in [0.15, 0.2) is 0 Å². The van der Waals surface area contributed by atoms with Crippen LogP contribution in [0.1, 0.15) is 18.4 Å². The standard InChI is InChI=1S/C12H12BrClN2/c13-12-10(14)5-8(6-16-12)9-2-1-7-3-4-15-11(7)9/h2,5-7,11,15H,1,3-4H2. The summed E-state index contributed by atoms with van der Waals surface area (Å²) in [5.74, 6) is 0.775. The average molecular weight is 300 g/mol. The van der Waals surface area contributed by atoms with E-state index in [0.717, 1.165) is 18.0 Å². The third-order valence-electron chi connectivity index (χ3n) is 3.46. The zero-order valence-corrected chi connectivity index (χ0v) is 11.1. The summed E-state index contributed by atoms with van der Waals surface area (Å²) in [6.07, 6.45) is 6.68. The summed E-state index contributed by atoms with van der Waals surface area (Å²) in [4.78, 5) is 4.25. The zero-order chi connectivity index (χ0) is 11.1. The SMILES string of the molecule is Clc1cc(C2=CCC3CCNC23)cnc1Br. The number of nitrogens with zero attached hydrogens (tertiary/aromatic N) is 1. The van der Waals surface area contributed by atoms with Crippen molar-refractivity contribution in [3.63, 3.8) is 0 Å². The first-order valence-electron chi connectivity index (χ1n) is 5.50. The molecule has 3 rings (SSSR count). The van der Waals surface area contributed by atoms with Crippen LogP contribution in [0.5, 0.6) is 0 Å². The van der Waals surface area contributed by atoms with E-state index < -0.39 is 0 Å². The largest absolute Gasteiger partial charge is 0.310 e. The molecule has 2 aliphatic rings. The van der Waals surface area contributed by atoms with Crippen molar-refractivity contribution in [3.05, 3.63) is 33.5 Å². The molecule has 16 heavy (non-hydrogen) atoms. The van der Waals surface area contributed by atoms with Crippen LogP contribution in [0, 0.1) is 5.92 Å². The van der Waals surface area contributed by atoms with Crippen molar-refractivity contribution in [2.75, 3.05) is 6.54 Å². The first kappa shape index (κ1) is 10.8. The first-order valence-corrected chi connectivity index (χ1v) is 6.67. The fourth-order valence-electron chi connectivity index (χ4n) is 2.66. The lowest BCUT2D eigenvalue weighted by atomic mass is 9.97. The van der Waals surface area contributed by atoms with E-state index in [2.05, 4.69) is 32.3 Å². The molecule has 0 saturated carbocycles. The van der Waals surface area contributed by atoms with Gasteiger partial charge in [0.25, 0.3) is 0 Å². The van der Waals surface area contributed by atoms with Gasteiger partial charge in [-0.25, -0.2) is 4.98 Å². The summed E-state index contributed by atoms with van der Waals surface area (Å²) in [5.41, 5.74) is 2.51. The van der Waals surface area contributed by atoms with Gasteiger partial charge in [0, 0.05) is 12.2 Å². The van der Waals surface area contributed by atoms with E-state index in [1.807, 2.05) is 12.3 Å². The molecule has 84 valence electrons. The van der Waals surface area contributed by atoms with Crippen LogP contribution >= 0.6 is 27.5 Å². The van der Waals surface area contributed by atoms with E-state index in [9.17, 15) is 0 Å². The number of halogens is 2. The second-order valence-corrected chi connectivity index (χ2v) is 5.53. The third kappa shape index (κ3) is 1.71. The molecule has 0 spiro atoms. The Morgan fingerprint density at radius 1 is 1.50 bits per heavy atom. The fraction of sp³-hybridized carbons (Fsp3) is 0.417. The molecule has 4 heteroatoms. The number of nitrogens with one attached hydrogen (secondary N) is 1. The highest BCUT2D eigenvalue weighted by Gasteiger charge is 2.34. The Labute approximate surface area is 108 Å². The Kier molecular flexibility index (Phi) is 2.78. The normalized spacial score (nSPS) is 28.0. The van der Waals surface area contributed by atoms with Crippen molar-refractivity contribution in [2.45, 2.75) is 18.9 Å². The summed E-state index contributed by atoms with van der Waals surface area (Å²) in [5, 5.41) is 4.23. The molecular formula is C12H12BrClN2. The zero-order valence-electron chi connectivity index (χ0n) is 8.71. The summed E-state index contributed by atoms with van der Waals surface area (Å²) in [6, 6.07) is 2.51. The molecule has 1 saturated heterocycles. The molecule has 0 amide bonds. The van der Waals surface area contributed by atoms with Crippen molar-refractivity contribution in [1.29, 1.82) is 0 Å². The average Bonchev–Trinajstić information content (AvgIpc) is 2.83. The second-order valence-electron chi connectivity index (χ2n) is 4.37. The Balaban J connectivity index is 1.95. The molecule has 0 radical (unpaired) electrons. The molecule has 1 aliphatic carbocycles. The number of aromatic nitrogens is 1. The van der Waals surface area contributed by atoms with Gasteiger partial charge in [0.05, 0.1) is 5.02 Å². The molecule has 1 aliphatic heterocycles. The molecule has 2 nitrogen and oxygen atoms in total. The van der Waals surface area contributed by atoms with Crippen molar-refractivity contribution in [1.82, 2.24) is 10.3 Å². The van der Waals surface area contributed by atoms with E-state index in [0.29, 0.717) is 15.7 Å². The molecule has 0 aromatic carbocycles. The number of fused-ring (bicyclic) bond motifs is 1. The summed E-state index contributed by atoms with van der Waals surface area (Å²) in [6.45, 7) is 1.13. The van der Waals surface area contributed by atoms with Crippen LogP contribution in [0.15, 0.2) is 22.9 Å². The lowest BCUT2D eigenvalue weighted by Crippen LogP contribution is -2.24. The topological polar surface area (TPSA) is 24.9 Å². The molecule has 2 heterocycles. The van der Waals surface area contributed by atoms with Gasteiger partial charge >= 0.3 is 0 Å². The minimum Gasteiger partial charge on any atom is -0.310 e. The lowest BCUT2D eigenvalue weighted by molar-refractivity contribution is 0.557. The van der Waals surface area contributed by atoms with Crippen LogP contribution in [0.4, 0.5) is 0 Å². The van der Waals surface area contributed by atoms with E-state index in [-0.39, 0.29) is 0 Å². The molecule has 1 N–H and O–H groups in total. The van der Waals surface area contributed by atoms with Gasteiger partial charge in [0.2, 0.25) is 0 Å². The minimum atomic E-state index is 0.513. The Morgan fingerprint density at radius 3 is 3.19 bits per heavy atom. The number of pyridine rings is 1. The minimum absolute atomic E-state index is 0.513. The molecule has 1 fully saturated rings. The van der Waals surface area contributed by atoms with E-state index in [1.54, 1.807) is 0 Å². The Bertz CT molecular complexity index is 458. The molecule has 1 aromatic rings. The van der Waals surface area contributed by atoms with Crippen LogP contribution in [0.3, 0.4) is 0 Å². The van der Waals surface area contributed by atoms with Gasteiger partial charge in [0.1, 0.15) is 4.60 Å². The number of hydrogen-bond donors (Lipinski definition) is 1. The predicted octanol–water partition coefficient (Wildman–Crippen LogP) is 3.26. The van der Waals surface area contributed by atoms with Crippen LogP contribution in [-0.2, 0) is 0 Å². The summed E-state index contributed by atoms with van der Waals surface area (Å²) in [7, 11) is 0. The van der Waals surface area contributed by atoms with Crippen LogP contribution < -0.4 is 5.32 Å². The Morgan fingerprint density at radius 2 is 2.38 bits per heavy atom. The van der Waals surface area contributed by atoms with Gasteiger partial charge in [-0.3, -0.25) is 0 Å². The highest BCUT2D eigenvalue weighted by molar-refractivity contribution is 9.10. The van der Waals surface area contributed by atoms with E-state index >= 15 is 0 Å². The van der Waals surface area contributed by atoms with E-state index in [4.69, 9.17) is 11.6 Å². The van der Waals surface area contributed by atoms with Crippen LogP contribution in [0.25, 0.3) is 5.57 Å². The maximum atomic E-state index is 6.08. The lowest BCUT2D eigenvalue weighted by Gasteiger charge is -2.15. The molecule has 0 bridgehead atoms. The van der Waals surface area contributed by atoms with Crippen molar-refractivity contribution >= 4 is 33.1 Å². The molecular weight excluding hydrogens is 288 g/mol. The maximum absolute atomic E-state index is 6.08. The predicted molar refractivity (Wildman–Crippen MR) is 69.4 cm³/mol. The monoisotopic (exact) mass is 298 g/mol. The third-order valence-corrected chi connectivity index (χ3v) is 4.60. The summed E-state index contributed by atoms with van der Waals surface area (Å²) < 4.78 is 0.715. The highest BCUT2D eigenvalue weighted by atomic mass is 79.9. The van der Waals surface area contributed by atoms with Crippen LogP contribution in [-0.4, -0.2) is 17.6 Å². The second kappa shape index (κ2) is 4.13. The van der Waals surface area contributed by atoms with Gasteiger partial charge in [-0.1, -0.05) is 17.7 Å². The van der Waals surface area contributed by atoms with Gasteiger partial charge in [-0.15, -0.1) is 0 Å². The molecule has 1 aromatic heterocycles. The van der Waals surface area contributed by atoms with Crippen molar-refractivity contribution in [3.8, 4) is 0 Å².